The number of nitrogens with zero attached hydrogens (tertiary/aromatic N) is 1. The molecule has 1 fully saturated rings. The van der Waals surface area contributed by atoms with E-state index in [4.69, 9.17) is 5.21 Å². The number of hydrogen-bond acceptors (Lipinski definition) is 4. The standard InChI is InChI=1S/C9H13NO4/c1-9(2,3)7(12)5-4-6(11)10(14)8(5)13/h5,14H,4H2,1-3H3. The van der Waals surface area contributed by atoms with Crippen LogP contribution in [0.25, 0.3) is 0 Å². The van der Waals surface area contributed by atoms with Crippen LogP contribution in [0.3, 0.4) is 0 Å². The molecule has 1 N–H and O–H groups in total. The van der Waals surface area contributed by atoms with Gasteiger partial charge in [-0.2, -0.15) is 5.06 Å². The van der Waals surface area contributed by atoms with E-state index in [1.165, 1.54) is 0 Å². The molecule has 0 radical (unpaired) electrons. The summed E-state index contributed by atoms with van der Waals surface area (Å²) in [4.78, 5) is 33.8. The minimum absolute atomic E-state index is 0.0360. The summed E-state index contributed by atoms with van der Waals surface area (Å²) in [6.07, 6.45) is -0.217. The summed E-state index contributed by atoms with van der Waals surface area (Å²) < 4.78 is 0. The first-order chi connectivity index (χ1) is 6.25. The Kier molecular flexibility index (Phi) is 2.45. The number of rotatable bonds is 1. The predicted octanol–water partition coefficient (Wildman–Crippen LogP) is 0.366. The van der Waals surface area contributed by atoms with Crippen LogP contribution in [0, 0.1) is 11.3 Å². The Morgan fingerprint density at radius 2 is 1.93 bits per heavy atom. The van der Waals surface area contributed by atoms with Gasteiger partial charge in [0.15, 0.2) is 5.78 Å². The van der Waals surface area contributed by atoms with E-state index in [2.05, 4.69) is 0 Å². The van der Waals surface area contributed by atoms with Crippen LogP contribution in [0.5, 0.6) is 0 Å². The molecular formula is C9H13NO4. The van der Waals surface area contributed by atoms with E-state index in [1.54, 1.807) is 20.8 Å². The third kappa shape index (κ3) is 1.68. The predicted molar refractivity (Wildman–Crippen MR) is 46.2 cm³/mol. The van der Waals surface area contributed by atoms with Crippen molar-refractivity contribution >= 4 is 17.6 Å². The number of carbonyl (C=O) groups is 3. The van der Waals surface area contributed by atoms with Crippen molar-refractivity contribution in [2.75, 3.05) is 0 Å². The van der Waals surface area contributed by atoms with Crippen molar-refractivity contribution in [1.82, 2.24) is 5.06 Å². The van der Waals surface area contributed by atoms with Crippen LogP contribution in [-0.2, 0) is 14.4 Å². The van der Waals surface area contributed by atoms with Gasteiger partial charge in [-0.1, -0.05) is 20.8 Å². The van der Waals surface area contributed by atoms with Crippen LogP contribution >= 0.6 is 0 Å². The van der Waals surface area contributed by atoms with Crippen molar-refractivity contribution in [1.29, 1.82) is 0 Å². The number of imide groups is 1. The van der Waals surface area contributed by atoms with Crippen LogP contribution in [-0.4, -0.2) is 27.9 Å². The SMILES string of the molecule is CC(C)(C)C(=O)C1CC(=O)N(O)C1=O. The number of Topliss-reactive ketones (excluding diaryl/α,β-unsaturated/α-hetero) is 1. The molecule has 0 bridgehead atoms. The van der Waals surface area contributed by atoms with Gasteiger partial charge in [-0.25, -0.2) is 0 Å². The molecule has 0 aromatic carbocycles. The number of ketones is 1. The molecule has 5 nitrogen and oxygen atoms in total. The van der Waals surface area contributed by atoms with Crippen molar-refractivity contribution in [3.63, 3.8) is 0 Å². The zero-order valence-corrected chi connectivity index (χ0v) is 8.40. The van der Waals surface area contributed by atoms with Crippen molar-refractivity contribution in [2.45, 2.75) is 27.2 Å². The van der Waals surface area contributed by atoms with Gasteiger partial charge in [-0.05, 0) is 0 Å². The Balaban J connectivity index is 2.88. The Morgan fingerprint density at radius 1 is 1.43 bits per heavy atom. The third-order valence-corrected chi connectivity index (χ3v) is 2.18. The van der Waals surface area contributed by atoms with Gasteiger partial charge in [0.2, 0.25) is 0 Å². The lowest BCUT2D eigenvalue weighted by Gasteiger charge is -2.19. The molecule has 0 aromatic rings. The minimum Gasteiger partial charge on any atom is -0.298 e. The fourth-order valence-electron chi connectivity index (χ4n) is 1.35. The van der Waals surface area contributed by atoms with Gasteiger partial charge in [0.05, 0.1) is 0 Å². The van der Waals surface area contributed by atoms with E-state index in [1.807, 2.05) is 0 Å². The Morgan fingerprint density at radius 3 is 2.21 bits per heavy atom. The molecule has 1 heterocycles. The van der Waals surface area contributed by atoms with Crippen LogP contribution in [0.4, 0.5) is 0 Å². The molecule has 0 saturated carbocycles. The normalized spacial score (nSPS) is 23.1. The quantitative estimate of drug-likeness (QED) is 0.376. The first-order valence-corrected chi connectivity index (χ1v) is 4.35. The van der Waals surface area contributed by atoms with Crippen molar-refractivity contribution < 1.29 is 19.6 Å². The highest BCUT2D eigenvalue weighted by Crippen LogP contribution is 2.27. The molecule has 0 aliphatic carbocycles. The Bertz CT molecular complexity index is 302. The Labute approximate surface area is 81.6 Å². The third-order valence-electron chi connectivity index (χ3n) is 2.18. The van der Waals surface area contributed by atoms with E-state index in [0.717, 1.165) is 0 Å². The molecule has 0 aromatic heterocycles. The summed E-state index contributed by atoms with van der Waals surface area (Å²) in [5.74, 6) is -2.84. The average molecular weight is 199 g/mol. The molecule has 0 spiro atoms. The van der Waals surface area contributed by atoms with Crippen LogP contribution in [0.15, 0.2) is 0 Å². The number of amides is 2. The van der Waals surface area contributed by atoms with E-state index >= 15 is 0 Å². The highest BCUT2D eigenvalue weighted by atomic mass is 16.5. The fraction of sp³-hybridized carbons (Fsp3) is 0.667. The van der Waals surface area contributed by atoms with Crippen molar-refractivity contribution in [3.8, 4) is 0 Å². The second-order valence-corrected chi connectivity index (χ2v) is 4.41. The van der Waals surface area contributed by atoms with E-state index in [9.17, 15) is 14.4 Å². The number of hydrogen-bond donors (Lipinski definition) is 1. The maximum Gasteiger partial charge on any atom is 0.264 e. The lowest BCUT2D eigenvalue weighted by molar-refractivity contribution is -0.172. The monoisotopic (exact) mass is 199 g/mol. The summed E-state index contributed by atoms with van der Waals surface area (Å²) >= 11 is 0. The molecule has 78 valence electrons. The first kappa shape index (κ1) is 10.8. The highest BCUT2D eigenvalue weighted by Gasteiger charge is 2.45. The molecule has 1 aliphatic heterocycles. The largest absolute Gasteiger partial charge is 0.298 e. The lowest BCUT2D eigenvalue weighted by Crippen LogP contribution is -2.34. The second kappa shape index (κ2) is 3.16. The van der Waals surface area contributed by atoms with Crippen LogP contribution in [0.1, 0.15) is 27.2 Å². The summed E-state index contributed by atoms with van der Waals surface area (Å²) in [6.45, 7) is 5.02. The molecule has 5 heteroatoms. The minimum atomic E-state index is -1.01. The average Bonchev–Trinajstić information content (AvgIpc) is 2.30. The van der Waals surface area contributed by atoms with Gasteiger partial charge < -0.3 is 0 Å². The van der Waals surface area contributed by atoms with E-state index < -0.39 is 23.1 Å². The van der Waals surface area contributed by atoms with Crippen LogP contribution in [0.2, 0.25) is 0 Å². The number of carbonyl (C=O) groups excluding carboxylic acids is 3. The van der Waals surface area contributed by atoms with Gasteiger partial charge in [0.25, 0.3) is 11.8 Å². The molecule has 1 rings (SSSR count). The fourth-order valence-corrected chi connectivity index (χ4v) is 1.35. The topological polar surface area (TPSA) is 74.7 Å². The molecule has 1 aliphatic rings. The van der Waals surface area contributed by atoms with E-state index in [-0.39, 0.29) is 17.3 Å². The summed E-state index contributed by atoms with van der Waals surface area (Å²) in [5, 5.41) is 8.97. The molecular weight excluding hydrogens is 186 g/mol. The maximum absolute atomic E-state index is 11.7. The summed E-state index contributed by atoms with van der Waals surface area (Å²) in [7, 11) is 0. The van der Waals surface area contributed by atoms with E-state index in [0.29, 0.717) is 0 Å². The summed E-state index contributed by atoms with van der Waals surface area (Å²) in [6, 6.07) is 0. The van der Waals surface area contributed by atoms with Gasteiger partial charge in [-0.3, -0.25) is 19.6 Å². The Hall–Kier alpha value is -1.23. The molecule has 14 heavy (non-hydrogen) atoms. The molecule has 1 unspecified atom stereocenters. The zero-order chi connectivity index (χ0) is 11.1. The smallest absolute Gasteiger partial charge is 0.264 e. The van der Waals surface area contributed by atoms with Gasteiger partial charge in [-0.15, -0.1) is 0 Å². The lowest BCUT2D eigenvalue weighted by atomic mass is 9.82. The molecule has 2 amide bonds. The molecule has 1 saturated heterocycles. The van der Waals surface area contributed by atoms with Gasteiger partial charge in [0.1, 0.15) is 5.92 Å². The molecule has 1 atom stereocenters. The second-order valence-electron chi connectivity index (χ2n) is 4.41. The van der Waals surface area contributed by atoms with Gasteiger partial charge >= 0.3 is 0 Å². The highest BCUT2D eigenvalue weighted by molar-refractivity contribution is 6.14. The van der Waals surface area contributed by atoms with Crippen molar-refractivity contribution in [2.24, 2.45) is 11.3 Å². The first-order valence-electron chi connectivity index (χ1n) is 4.35. The zero-order valence-electron chi connectivity index (χ0n) is 8.40. The van der Waals surface area contributed by atoms with Crippen LogP contribution < -0.4 is 0 Å². The maximum atomic E-state index is 11.7. The van der Waals surface area contributed by atoms with Crippen molar-refractivity contribution in [3.05, 3.63) is 0 Å². The summed E-state index contributed by atoms with van der Waals surface area (Å²) in [5.41, 5.74) is -0.675. The van der Waals surface area contributed by atoms with Gasteiger partial charge in [0, 0.05) is 11.8 Å². The number of hydroxylamine groups is 2.